The van der Waals surface area contributed by atoms with Crippen LogP contribution in [0.25, 0.3) is 0 Å². The maximum Gasteiger partial charge on any atom is 0.227 e. The molecule has 0 spiro atoms. The van der Waals surface area contributed by atoms with E-state index in [-0.39, 0.29) is 29.9 Å². The molecular weight excluding hydrogens is 412 g/mol. The molecule has 3 rings (SSSR count). The predicted molar refractivity (Wildman–Crippen MR) is 124 cm³/mol. The predicted octanol–water partition coefficient (Wildman–Crippen LogP) is 3.30. The van der Waals surface area contributed by atoms with Crippen LogP contribution in [0.1, 0.15) is 31.4 Å². The number of carbonyl (C=O) groups excluding carboxylic acids is 1. The average Bonchev–Trinajstić information content (AvgIpc) is 3.13. The summed E-state index contributed by atoms with van der Waals surface area (Å²) in [4.78, 5) is 17.2. The summed E-state index contributed by atoms with van der Waals surface area (Å²) in [6, 6.07) is 15.3. The van der Waals surface area contributed by atoms with Crippen LogP contribution in [0.5, 0.6) is 5.75 Å². The first kappa shape index (κ1) is 23.1. The molecule has 168 valence electrons. The molecule has 6 nitrogen and oxygen atoms in total. The smallest absolute Gasteiger partial charge is 0.227 e. The molecule has 0 aromatic heterocycles. The third kappa shape index (κ3) is 6.00. The molecule has 1 saturated heterocycles. The summed E-state index contributed by atoms with van der Waals surface area (Å²) in [6.45, 7) is 6.52. The third-order valence-electron chi connectivity index (χ3n) is 5.90. The lowest BCUT2D eigenvalue weighted by atomic mass is 10.1. The summed E-state index contributed by atoms with van der Waals surface area (Å²) < 4.78 is 29.3. The average molecular weight is 445 g/mol. The summed E-state index contributed by atoms with van der Waals surface area (Å²) in [7, 11) is -1.48. The molecule has 1 aliphatic heterocycles. The first-order valence-electron chi connectivity index (χ1n) is 10.8. The minimum atomic E-state index is -3.09. The molecule has 0 radical (unpaired) electrons. The highest BCUT2D eigenvalue weighted by Crippen LogP contribution is 2.23. The van der Waals surface area contributed by atoms with Crippen molar-refractivity contribution in [2.45, 2.75) is 39.3 Å². The fourth-order valence-electron chi connectivity index (χ4n) is 4.06. The summed E-state index contributed by atoms with van der Waals surface area (Å²) >= 11 is 0. The Labute approximate surface area is 185 Å². The number of hydrogen-bond acceptors (Lipinski definition) is 5. The zero-order chi connectivity index (χ0) is 22.4. The number of amides is 1. The number of carbonyl (C=O) groups is 1. The van der Waals surface area contributed by atoms with E-state index in [0.29, 0.717) is 13.0 Å². The van der Waals surface area contributed by atoms with E-state index in [0.717, 1.165) is 35.7 Å². The second kappa shape index (κ2) is 10.2. The molecule has 1 amide bonds. The zero-order valence-corrected chi connectivity index (χ0v) is 19.4. The van der Waals surface area contributed by atoms with Crippen LogP contribution in [-0.2, 0) is 27.6 Å². The maximum atomic E-state index is 13.2. The number of nitrogens with zero attached hydrogens (tertiary/aromatic N) is 2. The number of methoxy groups -OCH3 is 1. The summed E-state index contributed by atoms with van der Waals surface area (Å²) in [5.74, 6) is 0.868. The summed E-state index contributed by atoms with van der Waals surface area (Å²) in [5, 5.41) is 0. The number of benzene rings is 2. The maximum absolute atomic E-state index is 13.2. The van der Waals surface area contributed by atoms with Gasteiger partial charge in [0, 0.05) is 31.4 Å². The fraction of sp³-hybridized carbons (Fsp3) is 0.458. The van der Waals surface area contributed by atoms with Crippen molar-refractivity contribution >= 4 is 21.4 Å². The van der Waals surface area contributed by atoms with E-state index in [1.807, 2.05) is 36.4 Å². The van der Waals surface area contributed by atoms with E-state index in [2.05, 4.69) is 30.9 Å². The van der Waals surface area contributed by atoms with Gasteiger partial charge in [-0.25, -0.2) is 8.42 Å². The van der Waals surface area contributed by atoms with Crippen LogP contribution in [0.4, 0.5) is 5.69 Å². The van der Waals surface area contributed by atoms with Crippen LogP contribution >= 0.6 is 0 Å². The highest BCUT2D eigenvalue weighted by atomic mass is 32.2. The lowest BCUT2D eigenvalue weighted by Crippen LogP contribution is -2.41. The quantitative estimate of drug-likeness (QED) is 0.594. The highest BCUT2D eigenvalue weighted by molar-refractivity contribution is 7.91. The largest absolute Gasteiger partial charge is 0.497 e. The van der Waals surface area contributed by atoms with Crippen molar-refractivity contribution in [3.63, 3.8) is 0 Å². The molecule has 2 aromatic carbocycles. The summed E-state index contributed by atoms with van der Waals surface area (Å²) in [5.41, 5.74) is 3.03. The molecule has 1 aliphatic rings. The molecule has 0 bridgehead atoms. The molecule has 0 N–H and O–H groups in total. The zero-order valence-electron chi connectivity index (χ0n) is 18.6. The topological polar surface area (TPSA) is 66.9 Å². The van der Waals surface area contributed by atoms with Crippen LogP contribution in [0, 0.1) is 0 Å². The van der Waals surface area contributed by atoms with E-state index in [1.54, 1.807) is 12.0 Å². The van der Waals surface area contributed by atoms with Gasteiger partial charge in [-0.1, -0.05) is 24.3 Å². The van der Waals surface area contributed by atoms with Gasteiger partial charge < -0.3 is 14.5 Å². The van der Waals surface area contributed by atoms with Crippen molar-refractivity contribution in [2.75, 3.05) is 36.6 Å². The van der Waals surface area contributed by atoms with Crippen LogP contribution in [0.15, 0.2) is 48.5 Å². The minimum Gasteiger partial charge on any atom is -0.497 e. The van der Waals surface area contributed by atoms with Gasteiger partial charge in [0.25, 0.3) is 0 Å². The van der Waals surface area contributed by atoms with Crippen molar-refractivity contribution in [2.24, 2.45) is 0 Å². The van der Waals surface area contributed by atoms with E-state index < -0.39 is 9.84 Å². The standard InChI is InChI=1S/C24H32N2O4S/c1-4-25(5-2)21-10-6-20(7-11-21)17-26(22-14-15-31(28,29)18-22)24(27)16-19-8-12-23(30-3)13-9-19/h6-13,22H,4-5,14-18H2,1-3H3. The van der Waals surface area contributed by atoms with Gasteiger partial charge >= 0.3 is 0 Å². The van der Waals surface area contributed by atoms with Gasteiger partial charge in [-0.2, -0.15) is 0 Å². The Kier molecular flexibility index (Phi) is 7.59. The molecule has 0 saturated carbocycles. The van der Waals surface area contributed by atoms with Gasteiger partial charge in [0.05, 0.1) is 25.0 Å². The van der Waals surface area contributed by atoms with E-state index in [1.165, 1.54) is 0 Å². The molecule has 1 unspecified atom stereocenters. The van der Waals surface area contributed by atoms with Gasteiger partial charge in [0.1, 0.15) is 5.75 Å². The van der Waals surface area contributed by atoms with Crippen molar-refractivity contribution in [1.29, 1.82) is 0 Å². The van der Waals surface area contributed by atoms with Crippen LogP contribution < -0.4 is 9.64 Å². The van der Waals surface area contributed by atoms with Crippen LogP contribution in [0.3, 0.4) is 0 Å². The first-order valence-corrected chi connectivity index (χ1v) is 12.6. The molecule has 7 heteroatoms. The molecule has 1 atom stereocenters. The van der Waals surface area contributed by atoms with Crippen molar-refractivity contribution in [3.8, 4) is 5.75 Å². The number of anilines is 1. The van der Waals surface area contributed by atoms with Gasteiger partial charge in [0.2, 0.25) is 5.91 Å². The number of hydrogen-bond donors (Lipinski definition) is 0. The van der Waals surface area contributed by atoms with Gasteiger partial charge in [0.15, 0.2) is 9.84 Å². The van der Waals surface area contributed by atoms with Gasteiger partial charge in [-0.15, -0.1) is 0 Å². The second-order valence-electron chi connectivity index (χ2n) is 7.94. The van der Waals surface area contributed by atoms with Crippen LogP contribution in [-0.4, -0.2) is 57.0 Å². The minimum absolute atomic E-state index is 0.0406. The Hall–Kier alpha value is -2.54. The second-order valence-corrected chi connectivity index (χ2v) is 10.2. The molecule has 31 heavy (non-hydrogen) atoms. The molecule has 1 heterocycles. The molecule has 0 aliphatic carbocycles. The first-order chi connectivity index (χ1) is 14.8. The summed E-state index contributed by atoms with van der Waals surface area (Å²) in [6.07, 6.45) is 0.728. The van der Waals surface area contributed by atoms with E-state index in [4.69, 9.17) is 4.74 Å². The number of rotatable bonds is 9. The number of sulfone groups is 1. The third-order valence-corrected chi connectivity index (χ3v) is 7.65. The van der Waals surface area contributed by atoms with Crippen molar-refractivity contribution in [1.82, 2.24) is 4.90 Å². The normalized spacial score (nSPS) is 17.3. The monoisotopic (exact) mass is 444 g/mol. The fourth-order valence-corrected chi connectivity index (χ4v) is 5.79. The van der Waals surface area contributed by atoms with Crippen molar-refractivity contribution < 1.29 is 17.9 Å². The molecular formula is C24H32N2O4S. The van der Waals surface area contributed by atoms with Gasteiger partial charge in [-0.3, -0.25) is 4.79 Å². The van der Waals surface area contributed by atoms with E-state index >= 15 is 0 Å². The Balaban J connectivity index is 1.78. The number of ether oxygens (including phenoxy) is 1. The molecule has 1 fully saturated rings. The lowest BCUT2D eigenvalue weighted by Gasteiger charge is -2.29. The Bertz CT molecular complexity index is 968. The Morgan fingerprint density at radius 1 is 1.00 bits per heavy atom. The Morgan fingerprint density at radius 3 is 2.13 bits per heavy atom. The lowest BCUT2D eigenvalue weighted by molar-refractivity contribution is -0.133. The van der Waals surface area contributed by atoms with Crippen molar-refractivity contribution in [3.05, 3.63) is 59.7 Å². The van der Waals surface area contributed by atoms with Gasteiger partial charge in [-0.05, 0) is 55.7 Å². The van der Waals surface area contributed by atoms with Crippen LogP contribution in [0.2, 0.25) is 0 Å². The SMILES string of the molecule is CCN(CC)c1ccc(CN(C(=O)Cc2ccc(OC)cc2)C2CCS(=O)(=O)C2)cc1. The Morgan fingerprint density at radius 2 is 1.61 bits per heavy atom. The van der Waals surface area contributed by atoms with E-state index in [9.17, 15) is 13.2 Å². The molecule has 2 aromatic rings. The highest BCUT2D eigenvalue weighted by Gasteiger charge is 2.34.